The Hall–Kier alpha value is -1.71. The van der Waals surface area contributed by atoms with E-state index in [4.69, 9.17) is 0 Å². The highest BCUT2D eigenvalue weighted by molar-refractivity contribution is 5.38. The average Bonchev–Trinajstić information content (AvgIpc) is 2.94. The van der Waals surface area contributed by atoms with Crippen LogP contribution in [0.1, 0.15) is 19.5 Å². The van der Waals surface area contributed by atoms with Gasteiger partial charge in [0.2, 0.25) is 0 Å². The Morgan fingerprint density at radius 1 is 1.31 bits per heavy atom. The molecule has 0 bridgehead atoms. The quantitative estimate of drug-likeness (QED) is 0.836. The van der Waals surface area contributed by atoms with Gasteiger partial charge in [0.25, 0.3) is 0 Å². The summed E-state index contributed by atoms with van der Waals surface area (Å²) < 4.78 is 4.15. The molecule has 0 aliphatic heterocycles. The number of nitrogens with zero attached hydrogens (tertiary/aromatic N) is 3. The molecule has 0 aromatic carbocycles. The first-order valence-electron chi connectivity index (χ1n) is 5.73. The molecule has 0 fully saturated rings. The zero-order valence-electron chi connectivity index (χ0n) is 9.85. The number of anilines is 1. The van der Waals surface area contributed by atoms with Crippen LogP contribution in [-0.2, 0) is 19.6 Å². The standard InChI is InChI=1S/C12H18N4/c1-3-15-7-5-6-12(15)9-13-11-8-14-16(4-2)10-11/h5-8,10,13H,3-4,9H2,1-2H3. The van der Waals surface area contributed by atoms with Crippen LogP contribution in [0, 0.1) is 0 Å². The molecule has 0 saturated heterocycles. The molecule has 0 radical (unpaired) electrons. The Balaban J connectivity index is 1.96. The fourth-order valence-corrected chi connectivity index (χ4v) is 1.74. The molecule has 2 aromatic heterocycles. The van der Waals surface area contributed by atoms with E-state index >= 15 is 0 Å². The maximum atomic E-state index is 4.22. The summed E-state index contributed by atoms with van der Waals surface area (Å²) in [5.41, 5.74) is 2.37. The summed E-state index contributed by atoms with van der Waals surface area (Å²) in [5, 5.41) is 7.60. The average molecular weight is 218 g/mol. The zero-order valence-corrected chi connectivity index (χ0v) is 9.85. The Labute approximate surface area is 95.9 Å². The molecule has 0 unspecified atom stereocenters. The predicted octanol–water partition coefficient (Wildman–Crippen LogP) is 2.34. The van der Waals surface area contributed by atoms with E-state index in [-0.39, 0.29) is 0 Å². The van der Waals surface area contributed by atoms with Gasteiger partial charge in [-0.15, -0.1) is 0 Å². The predicted molar refractivity (Wildman–Crippen MR) is 65.3 cm³/mol. The van der Waals surface area contributed by atoms with E-state index in [1.807, 2.05) is 17.1 Å². The lowest BCUT2D eigenvalue weighted by Crippen LogP contribution is -2.05. The summed E-state index contributed by atoms with van der Waals surface area (Å²) in [6.07, 6.45) is 5.99. The third-order valence-electron chi connectivity index (χ3n) is 2.70. The summed E-state index contributed by atoms with van der Waals surface area (Å²) in [6, 6.07) is 4.22. The van der Waals surface area contributed by atoms with Crippen molar-refractivity contribution in [1.82, 2.24) is 14.3 Å². The van der Waals surface area contributed by atoms with Crippen LogP contribution in [0.15, 0.2) is 30.7 Å². The first-order chi connectivity index (χ1) is 7.83. The Morgan fingerprint density at radius 2 is 2.19 bits per heavy atom. The third-order valence-corrected chi connectivity index (χ3v) is 2.70. The Morgan fingerprint density at radius 3 is 2.88 bits per heavy atom. The molecule has 0 atom stereocenters. The molecule has 86 valence electrons. The lowest BCUT2D eigenvalue weighted by atomic mass is 10.4. The van der Waals surface area contributed by atoms with Gasteiger partial charge < -0.3 is 9.88 Å². The lowest BCUT2D eigenvalue weighted by Gasteiger charge is -2.07. The van der Waals surface area contributed by atoms with Crippen LogP contribution in [0.3, 0.4) is 0 Å². The van der Waals surface area contributed by atoms with E-state index in [0.29, 0.717) is 0 Å². The molecule has 4 heteroatoms. The highest BCUT2D eigenvalue weighted by atomic mass is 15.3. The zero-order chi connectivity index (χ0) is 11.4. The van der Waals surface area contributed by atoms with Crippen LogP contribution in [0.5, 0.6) is 0 Å². The summed E-state index contributed by atoms with van der Waals surface area (Å²) in [4.78, 5) is 0. The minimum Gasteiger partial charge on any atom is -0.377 e. The second kappa shape index (κ2) is 4.88. The Kier molecular flexibility index (Phi) is 3.29. The van der Waals surface area contributed by atoms with Crippen molar-refractivity contribution in [1.29, 1.82) is 0 Å². The van der Waals surface area contributed by atoms with Crippen LogP contribution >= 0.6 is 0 Å². The van der Waals surface area contributed by atoms with Gasteiger partial charge in [0.05, 0.1) is 18.4 Å². The first kappa shape index (κ1) is 10.8. The second-order valence-corrected chi connectivity index (χ2v) is 3.72. The van der Waals surface area contributed by atoms with Gasteiger partial charge in [-0.1, -0.05) is 0 Å². The van der Waals surface area contributed by atoms with Crippen molar-refractivity contribution < 1.29 is 0 Å². The van der Waals surface area contributed by atoms with Gasteiger partial charge in [-0.05, 0) is 26.0 Å². The number of hydrogen-bond donors (Lipinski definition) is 1. The topological polar surface area (TPSA) is 34.8 Å². The van der Waals surface area contributed by atoms with E-state index in [1.165, 1.54) is 5.69 Å². The number of aryl methyl sites for hydroxylation is 2. The minimum atomic E-state index is 0.843. The molecule has 0 aliphatic rings. The number of nitrogens with one attached hydrogen (secondary N) is 1. The summed E-state index contributed by atoms with van der Waals surface area (Å²) >= 11 is 0. The molecule has 2 heterocycles. The number of aromatic nitrogens is 3. The molecule has 2 aromatic rings. The summed E-state index contributed by atoms with van der Waals surface area (Å²) in [7, 11) is 0. The van der Waals surface area contributed by atoms with Crippen molar-refractivity contribution >= 4 is 5.69 Å². The van der Waals surface area contributed by atoms with Crippen molar-refractivity contribution in [3.8, 4) is 0 Å². The number of rotatable bonds is 5. The van der Waals surface area contributed by atoms with Crippen LogP contribution in [0.25, 0.3) is 0 Å². The SMILES string of the molecule is CCn1cc(NCc2cccn2CC)cn1. The van der Waals surface area contributed by atoms with E-state index in [9.17, 15) is 0 Å². The van der Waals surface area contributed by atoms with Crippen LogP contribution in [0.2, 0.25) is 0 Å². The molecule has 4 nitrogen and oxygen atoms in total. The van der Waals surface area contributed by atoms with Crippen LogP contribution < -0.4 is 5.32 Å². The maximum absolute atomic E-state index is 4.22. The van der Waals surface area contributed by atoms with Gasteiger partial charge in [-0.2, -0.15) is 5.10 Å². The highest BCUT2D eigenvalue weighted by Gasteiger charge is 2.00. The van der Waals surface area contributed by atoms with Gasteiger partial charge in [-0.25, -0.2) is 0 Å². The molecule has 0 amide bonds. The summed E-state index contributed by atoms with van der Waals surface area (Å²) in [5.74, 6) is 0. The van der Waals surface area contributed by atoms with Crippen LogP contribution in [0.4, 0.5) is 5.69 Å². The number of hydrogen-bond acceptors (Lipinski definition) is 2. The molecule has 2 rings (SSSR count). The summed E-state index contributed by atoms with van der Waals surface area (Å²) in [6.45, 7) is 7.00. The van der Waals surface area contributed by atoms with E-state index in [0.717, 1.165) is 25.3 Å². The normalized spacial score (nSPS) is 10.6. The molecule has 1 N–H and O–H groups in total. The van der Waals surface area contributed by atoms with Gasteiger partial charge in [0, 0.05) is 31.2 Å². The fraction of sp³-hybridized carbons (Fsp3) is 0.417. The fourth-order valence-electron chi connectivity index (χ4n) is 1.74. The van der Waals surface area contributed by atoms with Gasteiger partial charge in [0.1, 0.15) is 0 Å². The molecular weight excluding hydrogens is 200 g/mol. The second-order valence-electron chi connectivity index (χ2n) is 3.72. The van der Waals surface area contributed by atoms with E-state index in [2.05, 4.69) is 47.2 Å². The van der Waals surface area contributed by atoms with Crippen molar-refractivity contribution in [3.63, 3.8) is 0 Å². The van der Waals surface area contributed by atoms with Gasteiger partial charge >= 0.3 is 0 Å². The minimum absolute atomic E-state index is 0.843. The maximum Gasteiger partial charge on any atom is 0.0729 e. The molecule has 16 heavy (non-hydrogen) atoms. The molecule has 0 spiro atoms. The van der Waals surface area contributed by atoms with E-state index < -0.39 is 0 Å². The van der Waals surface area contributed by atoms with Crippen LogP contribution in [-0.4, -0.2) is 14.3 Å². The molecule has 0 saturated carbocycles. The van der Waals surface area contributed by atoms with Crippen molar-refractivity contribution in [3.05, 3.63) is 36.4 Å². The van der Waals surface area contributed by atoms with E-state index in [1.54, 1.807) is 0 Å². The monoisotopic (exact) mass is 218 g/mol. The largest absolute Gasteiger partial charge is 0.377 e. The molecular formula is C12H18N4. The van der Waals surface area contributed by atoms with Crippen molar-refractivity contribution in [2.45, 2.75) is 33.5 Å². The molecule has 0 aliphatic carbocycles. The highest BCUT2D eigenvalue weighted by Crippen LogP contribution is 2.08. The smallest absolute Gasteiger partial charge is 0.0729 e. The van der Waals surface area contributed by atoms with Gasteiger partial charge in [-0.3, -0.25) is 4.68 Å². The first-order valence-corrected chi connectivity index (χ1v) is 5.73. The Bertz CT molecular complexity index is 441. The van der Waals surface area contributed by atoms with Crippen molar-refractivity contribution in [2.75, 3.05) is 5.32 Å². The van der Waals surface area contributed by atoms with Gasteiger partial charge in [0.15, 0.2) is 0 Å². The lowest BCUT2D eigenvalue weighted by molar-refractivity contribution is 0.660. The van der Waals surface area contributed by atoms with Crippen molar-refractivity contribution in [2.24, 2.45) is 0 Å². The third kappa shape index (κ3) is 2.27.